The number of hydrogen-bond donors (Lipinski definition) is 0. The third-order valence-corrected chi connectivity index (χ3v) is 4.19. The monoisotopic (exact) mass is 271 g/mol. The van der Waals surface area contributed by atoms with Gasteiger partial charge in [0.05, 0.1) is 0 Å². The zero-order chi connectivity index (χ0) is 14.6. The van der Waals surface area contributed by atoms with Crippen LogP contribution in [0, 0.1) is 10.8 Å². The van der Waals surface area contributed by atoms with Gasteiger partial charge >= 0.3 is 0 Å². The summed E-state index contributed by atoms with van der Waals surface area (Å²) in [6.45, 7) is 13.1. The first kappa shape index (κ1) is 15.3. The molecule has 20 heavy (non-hydrogen) atoms. The normalized spacial score (nSPS) is 22.8. The van der Waals surface area contributed by atoms with Crippen molar-refractivity contribution >= 4 is 6.08 Å². The Balaban J connectivity index is 1.94. The van der Waals surface area contributed by atoms with Crippen LogP contribution < -0.4 is 0 Å². The maximum absolute atomic E-state index is 2.61. The second-order valence-electron chi connectivity index (χ2n) is 7.80. The van der Waals surface area contributed by atoms with E-state index in [1.165, 1.54) is 31.5 Å². The molecular weight excluding hydrogens is 242 g/mol. The highest BCUT2D eigenvalue weighted by Crippen LogP contribution is 2.39. The van der Waals surface area contributed by atoms with E-state index in [1.54, 1.807) is 0 Å². The van der Waals surface area contributed by atoms with Crippen molar-refractivity contribution in [2.75, 3.05) is 19.6 Å². The maximum atomic E-state index is 2.61. The van der Waals surface area contributed by atoms with Crippen molar-refractivity contribution in [1.82, 2.24) is 4.90 Å². The molecule has 1 aliphatic heterocycles. The van der Waals surface area contributed by atoms with Gasteiger partial charge < -0.3 is 0 Å². The van der Waals surface area contributed by atoms with Gasteiger partial charge in [0.25, 0.3) is 0 Å². The Hall–Kier alpha value is -1.08. The third kappa shape index (κ3) is 4.79. The predicted octanol–water partition coefficient (Wildman–Crippen LogP) is 4.85. The van der Waals surface area contributed by atoms with E-state index in [4.69, 9.17) is 0 Å². The van der Waals surface area contributed by atoms with Gasteiger partial charge in [-0.15, -0.1) is 0 Å². The molecule has 1 heteroatoms. The zero-order valence-corrected chi connectivity index (χ0v) is 13.5. The summed E-state index contributed by atoms with van der Waals surface area (Å²) in [5.74, 6) is 0. The molecule has 1 aliphatic rings. The molecule has 1 heterocycles. The average molecular weight is 271 g/mol. The molecule has 1 aromatic carbocycles. The minimum absolute atomic E-state index is 0.417. The number of benzene rings is 1. The summed E-state index contributed by atoms with van der Waals surface area (Å²) in [4.78, 5) is 2.61. The van der Waals surface area contributed by atoms with Gasteiger partial charge in [-0.3, -0.25) is 4.90 Å². The number of nitrogens with zero attached hydrogens (tertiary/aromatic N) is 1. The molecule has 0 unspecified atom stereocenters. The fourth-order valence-corrected chi connectivity index (χ4v) is 3.64. The summed E-state index contributed by atoms with van der Waals surface area (Å²) in [5, 5.41) is 0. The average Bonchev–Trinajstić information content (AvgIpc) is 2.45. The van der Waals surface area contributed by atoms with Gasteiger partial charge in [0, 0.05) is 13.1 Å². The first-order valence-electron chi connectivity index (χ1n) is 7.80. The lowest BCUT2D eigenvalue weighted by molar-refractivity contribution is 0.186. The molecule has 0 aromatic heterocycles. The lowest BCUT2D eigenvalue weighted by atomic mass is 9.75. The quantitative estimate of drug-likeness (QED) is 0.759. The minimum Gasteiger partial charge on any atom is -0.299 e. The van der Waals surface area contributed by atoms with Crippen molar-refractivity contribution in [3.63, 3.8) is 0 Å². The lowest BCUT2D eigenvalue weighted by Crippen LogP contribution is -2.32. The van der Waals surface area contributed by atoms with Crippen LogP contribution in [0.2, 0.25) is 0 Å². The van der Waals surface area contributed by atoms with Crippen LogP contribution in [0.3, 0.4) is 0 Å². The zero-order valence-electron chi connectivity index (χ0n) is 13.5. The Labute approximate surface area is 124 Å². The van der Waals surface area contributed by atoms with E-state index in [1.807, 2.05) is 0 Å². The van der Waals surface area contributed by atoms with E-state index >= 15 is 0 Å². The van der Waals surface area contributed by atoms with Gasteiger partial charge in [0.15, 0.2) is 0 Å². The van der Waals surface area contributed by atoms with Crippen molar-refractivity contribution in [3.8, 4) is 0 Å². The van der Waals surface area contributed by atoms with Gasteiger partial charge in [0.1, 0.15) is 0 Å². The maximum Gasteiger partial charge on any atom is 0.0166 e. The standard InChI is InChI=1S/C19H29N/c1-18(2)12-14-20(16-19(3,4)15-18)13-8-11-17-9-6-5-7-10-17/h5-11H,12-16H2,1-4H3. The van der Waals surface area contributed by atoms with Crippen molar-refractivity contribution in [1.29, 1.82) is 0 Å². The summed E-state index contributed by atoms with van der Waals surface area (Å²) in [5.41, 5.74) is 2.18. The smallest absolute Gasteiger partial charge is 0.0166 e. The van der Waals surface area contributed by atoms with E-state index < -0.39 is 0 Å². The molecular formula is C19H29N. The molecule has 1 fully saturated rings. The number of hydrogen-bond acceptors (Lipinski definition) is 1. The van der Waals surface area contributed by atoms with Crippen LogP contribution in [0.1, 0.15) is 46.1 Å². The molecule has 0 saturated carbocycles. The first-order valence-corrected chi connectivity index (χ1v) is 7.80. The summed E-state index contributed by atoms with van der Waals surface area (Å²) in [7, 11) is 0. The second kappa shape index (κ2) is 6.13. The van der Waals surface area contributed by atoms with Gasteiger partial charge in [-0.25, -0.2) is 0 Å². The van der Waals surface area contributed by atoms with Crippen molar-refractivity contribution in [2.24, 2.45) is 10.8 Å². The van der Waals surface area contributed by atoms with E-state index in [0.29, 0.717) is 10.8 Å². The molecule has 0 amide bonds. The van der Waals surface area contributed by atoms with Crippen LogP contribution in [-0.2, 0) is 0 Å². The predicted molar refractivity (Wildman–Crippen MR) is 88.7 cm³/mol. The summed E-state index contributed by atoms with van der Waals surface area (Å²) in [6.07, 6.45) is 7.17. The van der Waals surface area contributed by atoms with Crippen LogP contribution >= 0.6 is 0 Å². The Morgan fingerprint density at radius 1 is 1.05 bits per heavy atom. The minimum atomic E-state index is 0.417. The third-order valence-electron chi connectivity index (χ3n) is 4.19. The van der Waals surface area contributed by atoms with Crippen LogP contribution in [0.5, 0.6) is 0 Å². The SMILES string of the molecule is CC1(C)CCN(CC=Cc2ccccc2)CC(C)(C)C1. The highest BCUT2D eigenvalue weighted by molar-refractivity contribution is 5.48. The van der Waals surface area contributed by atoms with Gasteiger partial charge in [0.2, 0.25) is 0 Å². The Morgan fingerprint density at radius 2 is 1.75 bits per heavy atom. The van der Waals surface area contributed by atoms with Crippen LogP contribution in [0.4, 0.5) is 0 Å². The Kier molecular flexibility index (Phi) is 4.70. The van der Waals surface area contributed by atoms with Gasteiger partial charge in [-0.2, -0.15) is 0 Å². The van der Waals surface area contributed by atoms with E-state index in [2.05, 4.69) is 75.1 Å². The molecule has 0 radical (unpaired) electrons. The number of likely N-dealkylation sites (tertiary alicyclic amines) is 1. The summed E-state index contributed by atoms with van der Waals surface area (Å²) >= 11 is 0. The van der Waals surface area contributed by atoms with E-state index in [0.717, 1.165) is 6.54 Å². The van der Waals surface area contributed by atoms with Crippen LogP contribution in [-0.4, -0.2) is 24.5 Å². The molecule has 1 aromatic rings. The first-order chi connectivity index (χ1) is 9.36. The topological polar surface area (TPSA) is 3.24 Å². The molecule has 2 rings (SSSR count). The van der Waals surface area contributed by atoms with E-state index in [-0.39, 0.29) is 0 Å². The van der Waals surface area contributed by atoms with Gasteiger partial charge in [-0.1, -0.05) is 70.2 Å². The number of rotatable bonds is 3. The van der Waals surface area contributed by atoms with Gasteiger partial charge in [-0.05, 0) is 35.8 Å². The largest absolute Gasteiger partial charge is 0.299 e. The highest BCUT2D eigenvalue weighted by Gasteiger charge is 2.33. The molecule has 0 spiro atoms. The second-order valence-corrected chi connectivity index (χ2v) is 7.80. The van der Waals surface area contributed by atoms with Crippen molar-refractivity contribution < 1.29 is 0 Å². The van der Waals surface area contributed by atoms with E-state index in [9.17, 15) is 0 Å². The summed E-state index contributed by atoms with van der Waals surface area (Å²) in [6, 6.07) is 10.6. The molecule has 0 N–H and O–H groups in total. The summed E-state index contributed by atoms with van der Waals surface area (Å²) < 4.78 is 0. The molecule has 1 saturated heterocycles. The Morgan fingerprint density at radius 3 is 2.45 bits per heavy atom. The molecule has 110 valence electrons. The fraction of sp³-hybridized carbons (Fsp3) is 0.579. The lowest BCUT2D eigenvalue weighted by Gasteiger charge is -2.32. The molecule has 0 bridgehead atoms. The van der Waals surface area contributed by atoms with Crippen LogP contribution in [0.15, 0.2) is 36.4 Å². The molecule has 1 nitrogen and oxygen atoms in total. The fourth-order valence-electron chi connectivity index (χ4n) is 3.64. The van der Waals surface area contributed by atoms with Crippen molar-refractivity contribution in [3.05, 3.63) is 42.0 Å². The highest BCUT2D eigenvalue weighted by atomic mass is 15.1. The van der Waals surface area contributed by atoms with Crippen LogP contribution in [0.25, 0.3) is 6.08 Å². The Bertz CT molecular complexity index is 442. The van der Waals surface area contributed by atoms with Crippen molar-refractivity contribution in [2.45, 2.75) is 40.5 Å². The molecule has 0 atom stereocenters. The molecule has 0 aliphatic carbocycles.